The summed E-state index contributed by atoms with van der Waals surface area (Å²) in [4.78, 5) is 17.7. The molecule has 0 bridgehead atoms. The van der Waals surface area contributed by atoms with Crippen LogP contribution in [0.25, 0.3) is 17.1 Å². The number of halogens is 1. The molecule has 0 saturated carbocycles. The first-order valence-electron chi connectivity index (χ1n) is 4.21. The van der Waals surface area contributed by atoms with Gasteiger partial charge in [-0.3, -0.25) is 0 Å². The van der Waals surface area contributed by atoms with Crippen molar-refractivity contribution in [1.82, 2.24) is 9.97 Å². The first-order chi connectivity index (χ1) is 7.15. The number of fused-ring (bicyclic) bond motifs is 1. The Bertz CT molecular complexity index is 545. The monoisotopic (exact) mass is 314 g/mol. The number of rotatable bonds is 2. The fraction of sp³-hybridized carbons (Fsp3) is 0. The molecule has 0 aliphatic rings. The minimum atomic E-state index is -0.952. The molecule has 0 aliphatic carbocycles. The van der Waals surface area contributed by atoms with E-state index in [9.17, 15) is 4.79 Å². The van der Waals surface area contributed by atoms with Crippen molar-refractivity contribution in [3.8, 4) is 0 Å². The largest absolute Gasteiger partial charge is 0.478 e. The third kappa shape index (κ3) is 2.35. The van der Waals surface area contributed by atoms with Gasteiger partial charge in [0.05, 0.1) is 11.0 Å². The zero-order valence-electron chi connectivity index (χ0n) is 7.57. The predicted octanol–water partition coefficient (Wildman–Crippen LogP) is 2.27. The smallest absolute Gasteiger partial charge is 0.328 e. The van der Waals surface area contributed by atoms with Gasteiger partial charge < -0.3 is 10.1 Å². The lowest BCUT2D eigenvalue weighted by Crippen LogP contribution is -1.85. The number of imidazole rings is 1. The minimum absolute atomic E-state index is 0.821. The molecule has 0 spiro atoms. The van der Waals surface area contributed by atoms with Crippen molar-refractivity contribution in [2.75, 3.05) is 0 Å². The summed E-state index contributed by atoms with van der Waals surface area (Å²) in [7, 11) is 0. The Kier molecular flexibility index (Phi) is 2.72. The SMILES string of the molecule is O=C(O)/C=C/c1ccc2[nH]c(I)nc2c1. The van der Waals surface area contributed by atoms with Gasteiger partial charge in [0.15, 0.2) is 3.83 Å². The van der Waals surface area contributed by atoms with Crippen molar-refractivity contribution in [3.63, 3.8) is 0 Å². The van der Waals surface area contributed by atoms with Gasteiger partial charge in [-0.15, -0.1) is 0 Å². The lowest BCUT2D eigenvalue weighted by atomic mass is 10.2. The summed E-state index contributed by atoms with van der Waals surface area (Å²) in [5.41, 5.74) is 2.62. The van der Waals surface area contributed by atoms with Crippen molar-refractivity contribution < 1.29 is 9.90 Å². The highest BCUT2D eigenvalue weighted by Gasteiger charge is 1.99. The maximum Gasteiger partial charge on any atom is 0.328 e. The van der Waals surface area contributed by atoms with Crippen LogP contribution >= 0.6 is 22.6 Å². The van der Waals surface area contributed by atoms with Crippen LogP contribution in [0.4, 0.5) is 0 Å². The normalized spacial score (nSPS) is 11.3. The molecule has 0 unspecified atom stereocenters. The molecule has 2 N–H and O–H groups in total. The molecule has 0 saturated heterocycles. The topological polar surface area (TPSA) is 66.0 Å². The van der Waals surface area contributed by atoms with Crippen LogP contribution in [0.1, 0.15) is 5.56 Å². The summed E-state index contributed by atoms with van der Waals surface area (Å²) >= 11 is 2.10. The molecule has 5 heteroatoms. The number of aromatic amines is 1. The van der Waals surface area contributed by atoms with E-state index in [2.05, 4.69) is 32.6 Å². The quantitative estimate of drug-likeness (QED) is 0.660. The first-order valence-corrected chi connectivity index (χ1v) is 5.29. The Morgan fingerprint density at radius 2 is 2.33 bits per heavy atom. The van der Waals surface area contributed by atoms with Crippen molar-refractivity contribution in [2.45, 2.75) is 0 Å². The molecule has 0 aliphatic heterocycles. The molecule has 1 aromatic carbocycles. The number of hydrogen-bond donors (Lipinski definition) is 2. The predicted molar refractivity (Wildman–Crippen MR) is 65.5 cm³/mol. The number of carbonyl (C=O) groups is 1. The molecule has 0 atom stereocenters. The van der Waals surface area contributed by atoms with Gasteiger partial charge in [-0.2, -0.15) is 0 Å². The zero-order chi connectivity index (χ0) is 10.8. The van der Waals surface area contributed by atoms with E-state index in [1.54, 1.807) is 6.08 Å². The Balaban J connectivity index is 2.42. The van der Waals surface area contributed by atoms with E-state index in [1.165, 1.54) is 0 Å². The standard InChI is InChI=1S/C10H7IN2O2/c11-10-12-7-3-1-6(2-4-9(14)15)5-8(7)13-10/h1-5H,(H,12,13)(H,14,15)/b4-2+. The summed E-state index contributed by atoms with van der Waals surface area (Å²) in [5.74, 6) is -0.952. The van der Waals surface area contributed by atoms with Gasteiger partial charge in [-0.25, -0.2) is 9.78 Å². The summed E-state index contributed by atoms with van der Waals surface area (Å²) in [6.07, 6.45) is 2.65. The van der Waals surface area contributed by atoms with E-state index in [-0.39, 0.29) is 0 Å². The molecule has 4 nitrogen and oxygen atoms in total. The maximum absolute atomic E-state index is 10.3. The van der Waals surface area contributed by atoms with E-state index in [0.717, 1.165) is 26.5 Å². The lowest BCUT2D eigenvalue weighted by Gasteiger charge is -1.91. The van der Waals surface area contributed by atoms with Crippen molar-refractivity contribution in [1.29, 1.82) is 0 Å². The Hall–Kier alpha value is -1.37. The fourth-order valence-electron chi connectivity index (χ4n) is 1.26. The summed E-state index contributed by atoms with van der Waals surface area (Å²) in [5, 5.41) is 8.48. The molecule has 76 valence electrons. The second-order valence-corrected chi connectivity index (χ2v) is 4.00. The number of H-pyrrole nitrogens is 1. The van der Waals surface area contributed by atoms with Crippen molar-refractivity contribution in [3.05, 3.63) is 33.7 Å². The van der Waals surface area contributed by atoms with Crippen LogP contribution in [-0.2, 0) is 4.79 Å². The third-order valence-corrected chi connectivity index (χ3v) is 2.41. The van der Waals surface area contributed by atoms with E-state index in [4.69, 9.17) is 5.11 Å². The van der Waals surface area contributed by atoms with E-state index in [1.807, 2.05) is 18.2 Å². The van der Waals surface area contributed by atoms with Gasteiger partial charge in [0.2, 0.25) is 0 Å². The molecule has 0 radical (unpaired) electrons. The van der Waals surface area contributed by atoms with Crippen LogP contribution in [0.3, 0.4) is 0 Å². The number of carboxylic acid groups (broad SMARTS) is 1. The maximum atomic E-state index is 10.3. The highest BCUT2D eigenvalue weighted by molar-refractivity contribution is 14.1. The van der Waals surface area contributed by atoms with Crippen LogP contribution in [0.2, 0.25) is 0 Å². The highest BCUT2D eigenvalue weighted by Crippen LogP contribution is 2.15. The molecule has 1 heterocycles. The molecule has 15 heavy (non-hydrogen) atoms. The molecule has 1 aromatic heterocycles. The Morgan fingerprint density at radius 3 is 3.07 bits per heavy atom. The zero-order valence-corrected chi connectivity index (χ0v) is 9.72. The van der Waals surface area contributed by atoms with E-state index >= 15 is 0 Å². The highest BCUT2D eigenvalue weighted by atomic mass is 127. The molecule has 2 aromatic rings. The van der Waals surface area contributed by atoms with Gasteiger partial charge in [0.1, 0.15) is 0 Å². The van der Waals surface area contributed by atoms with Crippen LogP contribution in [0.5, 0.6) is 0 Å². The fourth-order valence-corrected chi connectivity index (χ4v) is 1.81. The second-order valence-electron chi connectivity index (χ2n) is 2.98. The van der Waals surface area contributed by atoms with Gasteiger partial charge in [-0.1, -0.05) is 6.07 Å². The first kappa shape index (κ1) is 10.2. The van der Waals surface area contributed by atoms with Crippen molar-refractivity contribution in [2.24, 2.45) is 0 Å². The average molecular weight is 314 g/mol. The number of hydrogen-bond acceptors (Lipinski definition) is 2. The van der Waals surface area contributed by atoms with Gasteiger partial charge in [0, 0.05) is 6.08 Å². The summed E-state index contributed by atoms with van der Waals surface area (Å²) in [6.45, 7) is 0. The molecule has 0 fully saturated rings. The number of carboxylic acids is 1. The number of nitrogens with one attached hydrogen (secondary N) is 1. The number of nitrogens with zero attached hydrogens (tertiary/aromatic N) is 1. The van der Waals surface area contributed by atoms with Crippen LogP contribution in [0, 0.1) is 3.83 Å². The van der Waals surface area contributed by atoms with Crippen molar-refractivity contribution >= 4 is 45.7 Å². The second kappa shape index (κ2) is 4.01. The van der Waals surface area contributed by atoms with Crippen LogP contribution in [-0.4, -0.2) is 21.0 Å². The number of benzene rings is 1. The summed E-state index contributed by atoms with van der Waals surface area (Å²) in [6, 6.07) is 5.56. The van der Waals surface area contributed by atoms with Crippen LogP contribution in [0.15, 0.2) is 24.3 Å². The average Bonchev–Trinajstić information content (AvgIpc) is 2.53. The molecular weight excluding hydrogens is 307 g/mol. The molecular formula is C10H7IN2O2. The molecule has 2 rings (SSSR count). The summed E-state index contributed by atoms with van der Waals surface area (Å²) < 4.78 is 0.821. The van der Waals surface area contributed by atoms with Gasteiger partial charge in [-0.05, 0) is 46.4 Å². The van der Waals surface area contributed by atoms with E-state index in [0.29, 0.717) is 0 Å². The minimum Gasteiger partial charge on any atom is -0.478 e. The Labute approximate surface area is 99.2 Å². The van der Waals surface area contributed by atoms with Gasteiger partial charge >= 0.3 is 5.97 Å². The Morgan fingerprint density at radius 1 is 1.53 bits per heavy atom. The van der Waals surface area contributed by atoms with Crippen LogP contribution < -0.4 is 0 Å². The number of aliphatic carboxylic acids is 1. The van der Waals surface area contributed by atoms with E-state index < -0.39 is 5.97 Å². The number of aromatic nitrogens is 2. The third-order valence-electron chi connectivity index (χ3n) is 1.90. The molecule has 0 amide bonds. The van der Waals surface area contributed by atoms with Gasteiger partial charge in [0.25, 0.3) is 0 Å². The lowest BCUT2D eigenvalue weighted by molar-refractivity contribution is -0.131.